The molecule has 0 N–H and O–H groups in total. The van der Waals surface area contributed by atoms with Gasteiger partial charge in [-0.3, -0.25) is 0 Å². The molecule has 10 aromatic rings. The summed E-state index contributed by atoms with van der Waals surface area (Å²) in [4.78, 5) is 2.48. The third-order valence-electron chi connectivity index (χ3n) is 12.3. The highest BCUT2D eigenvalue weighted by atomic mass is 32.1. The lowest BCUT2D eigenvalue weighted by Gasteiger charge is -2.30. The zero-order chi connectivity index (χ0) is 39.5. The van der Waals surface area contributed by atoms with Gasteiger partial charge in [-0.25, -0.2) is 0 Å². The summed E-state index contributed by atoms with van der Waals surface area (Å²) < 4.78 is 2.59. The van der Waals surface area contributed by atoms with E-state index in [1.165, 1.54) is 86.9 Å². The molecule has 280 valence electrons. The quantitative estimate of drug-likeness (QED) is 0.156. The zero-order valence-electron chi connectivity index (χ0n) is 33.1. The molecule has 0 radical (unpaired) electrons. The average molecular weight is 772 g/mol. The van der Waals surface area contributed by atoms with E-state index >= 15 is 0 Å². The molecule has 0 saturated carbocycles. The van der Waals surface area contributed by atoms with Gasteiger partial charge in [-0.05, 0) is 110 Å². The van der Waals surface area contributed by atoms with E-state index in [4.69, 9.17) is 0 Å². The average Bonchev–Trinajstić information content (AvgIpc) is 3.79. The van der Waals surface area contributed by atoms with Crippen molar-refractivity contribution in [1.29, 1.82) is 0 Å². The molecule has 0 atom stereocenters. The standard InChI is InChI=1S/C57H41NS/c1-57(2)50-25-12-9-22-45(50)46-33-32-44(37-51(46)57)58(43-30-28-40(29-31-43)38-16-5-3-6-17-38)52-26-13-10-23-47(52)48-34-35-54-56(49-24-11-14-27-53(49)59-54)55(48)42-21-15-20-41(36-42)39-18-7-4-8-19-39/h3-37H,1-2H3. The van der Waals surface area contributed by atoms with Crippen LogP contribution in [-0.2, 0) is 5.41 Å². The van der Waals surface area contributed by atoms with Crippen LogP contribution in [0, 0.1) is 0 Å². The second-order valence-corrected chi connectivity index (χ2v) is 17.2. The molecule has 2 heteroatoms. The Bertz CT molecular complexity index is 3170. The van der Waals surface area contributed by atoms with Crippen LogP contribution in [0.3, 0.4) is 0 Å². The van der Waals surface area contributed by atoms with Gasteiger partial charge in [0.15, 0.2) is 0 Å². The van der Waals surface area contributed by atoms with Crippen molar-refractivity contribution in [1.82, 2.24) is 0 Å². The first-order valence-corrected chi connectivity index (χ1v) is 21.2. The highest BCUT2D eigenvalue weighted by Gasteiger charge is 2.36. The smallest absolute Gasteiger partial charge is 0.0540 e. The summed E-state index contributed by atoms with van der Waals surface area (Å²) in [6.07, 6.45) is 0. The summed E-state index contributed by atoms with van der Waals surface area (Å²) in [5, 5.41) is 2.60. The summed E-state index contributed by atoms with van der Waals surface area (Å²) in [6, 6.07) is 78.2. The number of anilines is 3. The van der Waals surface area contributed by atoms with Crippen molar-refractivity contribution < 1.29 is 0 Å². The van der Waals surface area contributed by atoms with Crippen molar-refractivity contribution in [3.63, 3.8) is 0 Å². The number of hydrogen-bond donors (Lipinski definition) is 0. The summed E-state index contributed by atoms with van der Waals surface area (Å²) in [5.41, 5.74) is 18.3. The van der Waals surface area contributed by atoms with E-state index in [2.05, 4.69) is 231 Å². The Morgan fingerprint density at radius 2 is 0.949 bits per heavy atom. The van der Waals surface area contributed by atoms with Gasteiger partial charge in [-0.15, -0.1) is 11.3 Å². The van der Waals surface area contributed by atoms with Crippen LogP contribution in [0.25, 0.3) is 75.8 Å². The van der Waals surface area contributed by atoms with Gasteiger partial charge in [-0.1, -0.05) is 178 Å². The van der Waals surface area contributed by atoms with Crippen molar-refractivity contribution in [2.24, 2.45) is 0 Å². The van der Waals surface area contributed by atoms with E-state index in [1.807, 2.05) is 11.3 Å². The van der Waals surface area contributed by atoms with Gasteiger partial charge in [-0.2, -0.15) is 0 Å². The van der Waals surface area contributed by atoms with Crippen LogP contribution in [0.1, 0.15) is 25.0 Å². The van der Waals surface area contributed by atoms with E-state index in [1.54, 1.807) is 0 Å². The molecular formula is C57H41NS. The minimum absolute atomic E-state index is 0.133. The molecule has 0 amide bonds. The third-order valence-corrected chi connectivity index (χ3v) is 13.4. The predicted molar refractivity (Wildman–Crippen MR) is 253 cm³/mol. The molecule has 1 nitrogen and oxygen atoms in total. The number of hydrogen-bond acceptors (Lipinski definition) is 2. The van der Waals surface area contributed by atoms with E-state index in [9.17, 15) is 0 Å². The Kier molecular flexibility index (Phi) is 8.43. The minimum atomic E-state index is -0.133. The van der Waals surface area contributed by atoms with E-state index in [0.29, 0.717) is 0 Å². The van der Waals surface area contributed by atoms with Crippen LogP contribution < -0.4 is 4.90 Å². The van der Waals surface area contributed by atoms with Crippen LogP contribution >= 0.6 is 11.3 Å². The van der Waals surface area contributed by atoms with Gasteiger partial charge >= 0.3 is 0 Å². The van der Waals surface area contributed by atoms with Crippen LogP contribution in [-0.4, -0.2) is 0 Å². The maximum atomic E-state index is 2.48. The number of para-hydroxylation sites is 1. The molecule has 0 unspecified atom stereocenters. The Morgan fingerprint density at radius 1 is 0.373 bits per heavy atom. The Morgan fingerprint density at radius 3 is 1.75 bits per heavy atom. The third kappa shape index (κ3) is 5.91. The predicted octanol–water partition coefficient (Wildman–Crippen LogP) is 16.5. The molecule has 0 saturated heterocycles. The van der Waals surface area contributed by atoms with Crippen LogP contribution in [0.15, 0.2) is 212 Å². The van der Waals surface area contributed by atoms with Crippen molar-refractivity contribution in [3.8, 4) is 55.6 Å². The van der Waals surface area contributed by atoms with Gasteiger partial charge in [0, 0.05) is 42.5 Å². The molecule has 0 bridgehead atoms. The lowest BCUT2D eigenvalue weighted by Crippen LogP contribution is -2.17. The number of thiophene rings is 1. The van der Waals surface area contributed by atoms with E-state index < -0.39 is 0 Å². The largest absolute Gasteiger partial charge is 0.310 e. The molecular weight excluding hydrogens is 731 g/mol. The van der Waals surface area contributed by atoms with Gasteiger partial charge in [0.05, 0.1) is 5.69 Å². The van der Waals surface area contributed by atoms with Crippen molar-refractivity contribution in [2.75, 3.05) is 4.90 Å². The lowest BCUT2D eigenvalue weighted by atomic mass is 9.82. The fourth-order valence-corrected chi connectivity index (χ4v) is 10.5. The van der Waals surface area contributed by atoms with Crippen molar-refractivity contribution in [2.45, 2.75) is 19.3 Å². The molecule has 1 heterocycles. The molecule has 9 aromatic carbocycles. The summed E-state index contributed by atoms with van der Waals surface area (Å²) in [5.74, 6) is 0. The first kappa shape index (κ1) is 35.2. The number of fused-ring (bicyclic) bond motifs is 6. The fourth-order valence-electron chi connectivity index (χ4n) is 9.41. The second kappa shape index (κ2) is 14.1. The van der Waals surface area contributed by atoms with Crippen molar-refractivity contribution >= 4 is 48.6 Å². The Balaban J connectivity index is 1.16. The summed E-state index contributed by atoms with van der Waals surface area (Å²) in [7, 11) is 0. The number of rotatable bonds is 7. The maximum Gasteiger partial charge on any atom is 0.0540 e. The highest BCUT2D eigenvalue weighted by molar-refractivity contribution is 7.26. The van der Waals surface area contributed by atoms with E-state index in [-0.39, 0.29) is 5.41 Å². The normalized spacial score (nSPS) is 12.7. The lowest BCUT2D eigenvalue weighted by molar-refractivity contribution is 0.660. The van der Waals surface area contributed by atoms with Gasteiger partial charge in [0.1, 0.15) is 0 Å². The summed E-state index contributed by atoms with van der Waals surface area (Å²) in [6.45, 7) is 4.73. The molecule has 1 aromatic heterocycles. The second-order valence-electron chi connectivity index (χ2n) is 16.1. The molecule has 59 heavy (non-hydrogen) atoms. The maximum absolute atomic E-state index is 2.48. The SMILES string of the molecule is CC1(C)c2ccccc2-c2ccc(N(c3ccc(-c4ccccc4)cc3)c3ccccc3-c3ccc4sc5ccccc5c4c3-c3cccc(-c4ccccc4)c3)cc21. The van der Waals surface area contributed by atoms with Gasteiger partial charge < -0.3 is 4.90 Å². The topological polar surface area (TPSA) is 3.24 Å². The number of nitrogens with zero attached hydrogens (tertiary/aromatic N) is 1. The van der Waals surface area contributed by atoms with Crippen LogP contribution in [0.4, 0.5) is 17.1 Å². The van der Waals surface area contributed by atoms with Crippen LogP contribution in [0.5, 0.6) is 0 Å². The monoisotopic (exact) mass is 771 g/mol. The molecule has 1 aliphatic carbocycles. The van der Waals surface area contributed by atoms with Crippen molar-refractivity contribution in [3.05, 3.63) is 223 Å². The van der Waals surface area contributed by atoms with Gasteiger partial charge in [0.2, 0.25) is 0 Å². The molecule has 11 rings (SSSR count). The Labute approximate surface area is 350 Å². The fraction of sp³-hybridized carbons (Fsp3) is 0.0526. The molecule has 0 aliphatic heterocycles. The Hall–Kier alpha value is -7.00. The van der Waals surface area contributed by atoms with Crippen LogP contribution in [0.2, 0.25) is 0 Å². The minimum Gasteiger partial charge on any atom is -0.310 e. The first-order chi connectivity index (χ1) is 29.0. The van der Waals surface area contributed by atoms with Gasteiger partial charge in [0.25, 0.3) is 0 Å². The molecule has 0 spiro atoms. The molecule has 1 aliphatic rings. The summed E-state index contributed by atoms with van der Waals surface area (Å²) >= 11 is 1.87. The van der Waals surface area contributed by atoms with E-state index in [0.717, 1.165) is 17.1 Å². The first-order valence-electron chi connectivity index (χ1n) is 20.4. The number of benzene rings is 9. The zero-order valence-corrected chi connectivity index (χ0v) is 33.9. The molecule has 0 fully saturated rings. The highest BCUT2D eigenvalue weighted by Crippen LogP contribution is 2.53.